The summed E-state index contributed by atoms with van der Waals surface area (Å²) in [5, 5.41) is 3.34. The molecule has 1 aliphatic carbocycles. The first-order valence-corrected chi connectivity index (χ1v) is 11.7. The highest BCUT2D eigenvalue weighted by Crippen LogP contribution is 2.57. The number of aromatic nitrogens is 1. The van der Waals surface area contributed by atoms with Crippen LogP contribution in [0.5, 0.6) is 0 Å². The van der Waals surface area contributed by atoms with Gasteiger partial charge in [0.1, 0.15) is 10.4 Å². The van der Waals surface area contributed by atoms with Crippen molar-refractivity contribution >= 4 is 50.3 Å². The Morgan fingerprint density at radius 1 is 0.829 bits per heavy atom. The van der Waals surface area contributed by atoms with E-state index in [0.29, 0.717) is 16.3 Å². The quantitative estimate of drug-likeness (QED) is 0.426. The zero-order valence-electron chi connectivity index (χ0n) is 18.0. The van der Waals surface area contributed by atoms with E-state index in [1.54, 1.807) is 48.5 Å². The summed E-state index contributed by atoms with van der Waals surface area (Å²) in [6, 6.07) is 21.2. The van der Waals surface area contributed by atoms with Gasteiger partial charge in [-0.15, -0.1) is 11.3 Å². The number of fused-ring (bicyclic) bond motifs is 5. The fourth-order valence-electron chi connectivity index (χ4n) is 5.26. The van der Waals surface area contributed by atoms with Crippen LogP contribution in [-0.2, 0) is 14.9 Å². The Morgan fingerprint density at radius 2 is 1.51 bits per heavy atom. The molecule has 168 valence electrons. The van der Waals surface area contributed by atoms with Crippen LogP contribution in [0.3, 0.4) is 0 Å². The number of rotatable bonds is 1. The molecule has 2 aliphatic heterocycles. The monoisotopic (exact) mass is 477 g/mol. The van der Waals surface area contributed by atoms with E-state index in [-0.39, 0.29) is 33.9 Å². The van der Waals surface area contributed by atoms with Crippen molar-refractivity contribution in [3.8, 4) is 0 Å². The predicted molar refractivity (Wildman–Crippen MR) is 131 cm³/mol. The summed E-state index contributed by atoms with van der Waals surface area (Å²) in [4.78, 5) is 46.3. The van der Waals surface area contributed by atoms with Crippen molar-refractivity contribution in [2.24, 2.45) is 5.73 Å². The second-order valence-corrected chi connectivity index (χ2v) is 9.52. The maximum Gasteiger partial charge on any atom is 0.244 e. The van der Waals surface area contributed by atoms with E-state index >= 15 is 0 Å². The number of anilines is 1. The van der Waals surface area contributed by atoms with E-state index in [4.69, 9.17) is 15.5 Å². The number of ketones is 2. The summed E-state index contributed by atoms with van der Waals surface area (Å²) in [5.41, 5.74) is 7.26. The number of Topliss-reactive ketones (excluding diaryl/α,β-unsaturated/α-hetero) is 2. The molecule has 7 rings (SSSR count). The summed E-state index contributed by atoms with van der Waals surface area (Å²) in [5.74, 6) is -1.77. The third kappa shape index (κ3) is 2.38. The number of nitrogens with two attached hydrogens (primary N) is 1. The van der Waals surface area contributed by atoms with Crippen LogP contribution < -0.4 is 11.1 Å². The summed E-state index contributed by atoms with van der Waals surface area (Å²) in [6.45, 7) is 0. The molecule has 0 saturated heterocycles. The van der Waals surface area contributed by atoms with E-state index in [1.165, 1.54) is 11.3 Å². The fourth-order valence-corrected chi connectivity index (χ4v) is 6.33. The summed E-state index contributed by atoms with van der Waals surface area (Å²) in [6.07, 6.45) is 0. The molecule has 4 aromatic rings. The third-order valence-electron chi connectivity index (χ3n) is 6.71. The summed E-state index contributed by atoms with van der Waals surface area (Å²) in [7, 11) is 0. The third-order valence-corrected chi connectivity index (χ3v) is 7.77. The Hall–Kier alpha value is -4.56. The normalized spacial score (nSPS) is 20.6. The van der Waals surface area contributed by atoms with E-state index in [2.05, 4.69) is 5.32 Å². The molecule has 1 spiro atoms. The number of amides is 1. The van der Waals surface area contributed by atoms with Crippen molar-refractivity contribution in [1.29, 1.82) is 0 Å². The maximum absolute atomic E-state index is 14.0. The maximum atomic E-state index is 14.0. The smallest absolute Gasteiger partial charge is 0.244 e. The number of hydrogen-bond acceptors (Lipinski definition) is 7. The van der Waals surface area contributed by atoms with Crippen LogP contribution in [-0.4, -0.2) is 22.5 Å². The molecule has 0 bridgehead atoms. The van der Waals surface area contributed by atoms with Crippen molar-refractivity contribution in [2.45, 2.75) is 5.41 Å². The Labute approximate surface area is 202 Å². The molecule has 3 heterocycles. The Kier molecular flexibility index (Phi) is 3.83. The second kappa shape index (κ2) is 6.74. The number of thiazole rings is 1. The van der Waals surface area contributed by atoms with Gasteiger partial charge in [-0.2, -0.15) is 0 Å². The lowest BCUT2D eigenvalue weighted by Crippen LogP contribution is -2.47. The van der Waals surface area contributed by atoms with Crippen LogP contribution in [0.4, 0.5) is 5.69 Å². The van der Waals surface area contributed by atoms with Gasteiger partial charge in [-0.25, -0.2) is 4.98 Å². The molecule has 3 N–H and O–H groups in total. The minimum absolute atomic E-state index is 0.0351. The van der Waals surface area contributed by atoms with Gasteiger partial charge >= 0.3 is 0 Å². The van der Waals surface area contributed by atoms with Crippen LogP contribution >= 0.6 is 11.3 Å². The van der Waals surface area contributed by atoms with Gasteiger partial charge in [-0.3, -0.25) is 14.4 Å². The molecule has 0 saturated carbocycles. The number of para-hydroxylation sites is 2. The number of hydrogen-bond donors (Lipinski definition) is 2. The lowest BCUT2D eigenvalue weighted by atomic mass is 9.64. The molecule has 3 aromatic carbocycles. The first kappa shape index (κ1) is 19.9. The highest BCUT2D eigenvalue weighted by Gasteiger charge is 2.62. The molecule has 0 radical (unpaired) electrons. The molecular formula is C27H15N3O4S. The highest BCUT2D eigenvalue weighted by atomic mass is 32.1. The van der Waals surface area contributed by atoms with Gasteiger partial charge in [0, 0.05) is 22.4 Å². The van der Waals surface area contributed by atoms with Gasteiger partial charge in [0.2, 0.25) is 11.7 Å². The molecule has 7 nitrogen and oxygen atoms in total. The first-order valence-electron chi connectivity index (χ1n) is 10.9. The molecule has 3 aliphatic rings. The van der Waals surface area contributed by atoms with Gasteiger partial charge in [0.25, 0.3) is 0 Å². The van der Waals surface area contributed by atoms with Crippen LogP contribution in [0.2, 0.25) is 0 Å². The number of benzene rings is 3. The molecule has 1 aromatic heterocycles. The molecular weight excluding hydrogens is 462 g/mol. The topological polar surface area (TPSA) is 111 Å². The van der Waals surface area contributed by atoms with Crippen molar-refractivity contribution in [3.63, 3.8) is 0 Å². The number of carbonyl (C=O) groups is 3. The average Bonchev–Trinajstić information content (AvgIpc) is 3.42. The van der Waals surface area contributed by atoms with Gasteiger partial charge in [0.15, 0.2) is 17.4 Å². The number of carbonyl (C=O) groups excluding carboxylic acids is 3. The number of ether oxygens (including phenoxy) is 1. The van der Waals surface area contributed by atoms with Crippen molar-refractivity contribution in [3.05, 3.63) is 112 Å². The molecule has 8 heteroatoms. The van der Waals surface area contributed by atoms with Gasteiger partial charge in [-0.1, -0.05) is 54.6 Å². The Bertz CT molecular complexity index is 1700. The number of allylic oxidation sites excluding steroid dienone is 1. The predicted octanol–water partition coefficient (Wildman–Crippen LogP) is 4.18. The van der Waals surface area contributed by atoms with Crippen LogP contribution in [0.1, 0.15) is 31.3 Å². The average molecular weight is 478 g/mol. The van der Waals surface area contributed by atoms with E-state index < -0.39 is 22.9 Å². The second-order valence-electron chi connectivity index (χ2n) is 8.49. The van der Waals surface area contributed by atoms with Gasteiger partial charge in [0.05, 0.1) is 21.4 Å². The van der Waals surface area contributed by atoms with Crippen LogP contribution in [0.25, 0.3) is 15.8 Å². The van der Waals surface area contributed by atoms with Crippen LogP contribution in [0.15, 0.2) is 90.0 Å². The lowest BCUT2D eigenvalue weighted by molar-refractivity contribution is -0.118. The van der Waals surface area contributed by atoms with Gasteiger partial charge in [-0.05, 0) is 18.2 Å². The SMILES string of the molecule is NC1=C(c2nc3ccccc3s2)C2(C(=O)Nc3ccccc32)C2=C(O1)C(=O)c1ccccc1C2=O. The molecule has 1 atom stereocenters. The molecule has 1 amide bonds. The number of nitrogens with zero attached hydrogens (tertiary/aromatic N) is 1. The number of nitrogens with one attached hydrogen (secondary N) is 1. The zero-order valence-corrected chi connectivity index (χ0v) is 18.8. The Balaban J connectivity index is 1.60. The van der Waals surface area contributed by atoms with Gasteiger partial charge < -0.3 is 15.8 Å². The van der Waals surface area contributed by atoms with E-state index in [9.17, 15) is 14.4 Å². The van der Waals surface area contributed by atoms with Crippen LogP contribution in [0, 0.1) is 0 Å². The van der Waals surface area contributed by atoms with E-state index in [0.717, 1.165) is 10.2 Å². The minimum Gasteiger partial charge on any atom is -0.437 e. The minimum atomic E-state index is -1.69. The summed E-state index contributed by atoms with van der Waals surface area (Å²) >= 11 is 1.34. The molecule has 35 heavy (non-hydrogen) atoms. The molecule has 0 fully saturated rings. The first-order chi connectivity index (χ1) is 17.0. The molecule has 1 unspecified atom stereocenters. The lowest BCUT2D eigenvalue weighted by Gasteiger charge is -2.38. The van der Waals surface area contributed by atoms with E-state index in [1.807, 2.05) is 24.3 Å². The highest BCUT2D eigenvalue weighted by molar-refractivity contribution is 7.19. The zero-order chi connectivity index (χ0) is 23.9. The van der Waals surface area contributed by atoms with Crippen molar-refractivity contribution in [2.75, 3.05) is 5.32 Å². The Morgan fingerprint density at radius 3 is 2.31 bits per heavy atom. The standard InChI is InChI=1S/C27H15N3O4S/c28-24-20(25-29-17-11-5-6-12-18(17)35-25)27(15-9-3-4-10-16(15)30-26(27)33)19-21(31)13-7-1-2-8-14(13)22(32)23(19)34-24/h1-12H,28H2,(H,30,33). The summed E-state index contributed by atoms with van der Waals surface area (Å²) < 4.78 is 6.79. The van der Waals surface area contributed by atoms with Crippen molar-refractivity contribution in [1.82, 2.24) is 4.98 Å². The largest absolute Gasteiger partial charge is 0.437 e. The fraction of sp³-hybridized carbons (Fsp3) is 0.0370. The van der Waals surface area contributed by atoms with Crippen molar-refractivity contribution < 1.29 is 19.1 Å².